The Morgan fingerprint density at radius 2 is 2.30 bits per heavy atom. The minimum atomic E-state index is 0.162. The van der Waals surface area contributed by atoms with Gasteiger partial charge in [0, 0.05) is 49.9 Å². The number of rotatable bonds is 5. The van der Waals surface area contributed by atoms with Crippen LogP contribution in [-0.4, -0.2) is 48.4 Å². The SMILES string of the molecule is Cc1cc(-c2snnc2C2CCCN(C(=O)CCn3nccc3C)C2)on1. The van der Waals surface area contributed by atoms with Crippen LogP contribution in [-0.2, 0) is 11.3 Å². The third-order valence-electron chi connectivity index (χ3n) is 4.99. The van der Waals surface area contributed by atoms with Gasteiger partial charge in [-0.3, -0.25) is 9.48 Å². The first-order valence-electron chi connectivity index (χ1n) is 9.14. The van der Waals surface area contributed by atoms with Crippen molar-refractivity contribution in [2.24, 2.45) is 0 Å². The Bertz CT molecular complexity index is 930. The van der Waals surface area contributed by atoms with Gasteiger partial charge in [0.2, 0.25) is 5.91 Å². The fourth-order valence-corrected chi connectivity index (χ4v) is 4.22. The van der Waals surface area contributed by atoms with Crippen molar-refractivity contribution in [3.8, 4) is 10.6 Å². The maximum atomic E-state index is 12.7. The minimum Gasteiger partial charge on any atom is -0.355 e. The zero-order chi connectivity index (χ0) is 18.8. The van der Waals surface area contributed by atoms with Crippen molar-refractivity contribution >= 4 is 17.4 Å². The average molecular weight is 386 g/mol. The van der Waals surface area contributed by atoms with E-state index < -0.39 is 0 Å². The second-order valence-corrected chi connectivity index (χ2v) is 7.70. The molecule has 8 nitrogen and oxygen atoms in total. The van der Waals surface area contributed by atoms with Gasteiger partial charge in [-0.15, -0.1) is 5.10 Å². The molecule has 1 aliphatic rings. The molecule has 1 amide bonds. The molecule has 142 valence electrons. The minimum absolute atomic E-state index is 0.162. The van der Waals surface area contributed by atoms with E-state index in [-0.39, 0.29) is 11.8 Å². The molecule has 9 heteroatoms. The second kappa shape index (κ2) is 7.59. The van der Waals surface area contributed by atoms with Gasteiger partial charge in [-0.25, -0.2) is 0 Å². The molecule has 0 bridgehead atoms. The molecule has 1 unspecified atom stereocenters. The quantitative estimate of drug-likeness (QED) is 0.670. The Kier molecular flexibility index (Phi) is 5.02. The Balaban J connectivity index is 1.43. The predicted molar refractivity (Wildman–Crippen MR) is 100 cm³/mol. The lowest BCUT2D eigenvalue weighted by Gasteiger charge is -2.32. The Hall–Kier alpha value is -2.55. The highest BCUT2D eigenvalue weighted by molar-refractivity contribution is 7.09. The van der Waals surface area contributed by atoms with Crippen LogP contribution in [0.1, 0.15) is 42.3 Å². The summed E-state index contributed by atoms with van der Waals surface area (Å²) in [6, 6.07) is 3.85. The summed E-state index contributed by atoms with van der Waals surface area (Å²) in [5.74, 6) is 1.04. The standard InChI is InChI=1S/C18H22N6O2S/c1-12-10-15(26-21-12)18-17(20-22-27-18)14-4-3-8-23(11-14)16(25)6-9-24-13(2)5-7-19-24/h5,7,10,14H,3-4,6,8-9,11H2,1-2H3. The number of carbonyl (C=O) groups excluding carboxylic acids is 1. The molecule has 1 fully saturated rings. The molecule has 3 aromatic rings. The topological polar surface area (TPSA) is 89.9 Å². The van der Waals surface area contributed by atoms with Crippen molar-refractivity contribution in [2.75, 3.05) is 13.1 Å². The summed E-state index contributed by atoms with van der Waals surface area (Å²) in [4.78, 5) is 15.6. The second-order valence-electron chi connectivity index (χ2n) is 6.94. The van der Waals surface area contributed by atoms with Crippen molar-refractivity contribution < 1.29 is 9.32 Å². The molecule has 0 spiro atoms. The van der Waals surface area contributed by atoms with Gasteiger partial charge in [0.25, 0.3) is 0 Å². The summed E-state index contributed by atoms with van der Waals surface area (Å²) in [6.07, 6.45) is 4.18. The third kappa shape index (κ3) is 3.78. The van der Waals surface area contributed by atoms with E-state index in [1.807, 2.05) is 35.6 Å². The average Bonchev–Trinajstić information content (AvgIpc) is 3.40. The highest BCUT2D eigenvalue weighted by atomic mass is 32.1. The van der Waals surface area contributed by atoms with Gasteiger partial charge >= 0.3 is 0 Å². The molecule has 1 atom stereocenters. The molecule has 4 rings (SSSR count). The fourth-order valence-electron chi connectivity index (χ4n) is 3.53. The van der Waals surface area contributed by atoms with Gasteiger partial charge in [0.15, 0.2) is 5.76 Å². The van der Waals surface area contributed by atoms with Gasteiger partial charge in [-0.05, 0) is 44.3 Å². The number of amides is 1. The zero-order valence-electron chi connectivity index (χ0n) is 15.5. The summed E-state index contributed by atoms with van der Waals surface area (Å²) < 4.78 is 11.4. The molecule has 1 saturated heterocycles. The smallest absolute Gasteiger partial charge is 0.224 e. The van der Waals surface area contributed by atoms with Crippen molar-refractivity contribution in [1.82, 2.24) is 29.4 Å². The number of aryl methyl sites for hydroxylation is 3. The Morgan fingerprint density at radius 1 is 1.41 bits per heavy atom. The van der Waals surface area contributed by atoms with Crippen LogP contribution in [0.3, 0.4) is 0 Å². The molecule has 0 aliphatic carbocycles. The molecule has 1 aliphatic heterocycles. The van der Waals surface area contributed by atoms with Crippen LogP contribution in [0.25, 0.3) is 10.6 Å². The first-order chi connectivity index (χ1) is 13.1. The highest BCUT2D eigenvalue weighted by Gasteiger charge is 2.29. The molecule has 4 heterocycles. The molecule has 0 radical (unpaired) electrons. The van der Waals surface area contributed by atoms with Crippen LogP contribution in [0.2, 0.25) is 0 Å². The monoisotopic (exact) mass is 386 g/mol. The molecule has 0 aromatic carbocycles. The normalized spacial score (nSPS) is 17.4. The van der Waals surface area contributed by atoms with E-state index in [1.165, 1.54) is 11.5 Å². The molecular weight excluding hydrogens is 364 g/mol. The molecule has 0 N–H and O–H groups in total. The first kappa shape index (κ1) is 17.8. The van der Waals surface area contributed by atoms with Crippen molar-refractivity contribution in [3.63, 3.8) is 0 Å². The maximum Gasteiger partial charge on any atom is 0.224 e. The third-order valence-corrected chi connectivity index (χ3v) is 5.75. The number of hydrogen-bond donors (Lipinski definition) is 0. The Labute approximate surface area is 161 Å². The van der Waals surface area contributed by atoms with Crippen LogP contribution >= 0.6 is 11.5 Å². The predicted octanol–water partition coefficient (Wildman–Crippen LogP) is 2.80. The van der Waals surface area contributed by atoms with Gasteiger partial charge < -0.3 is 9.42 Å². The number of carbonyl (C=O) groups is 1. The van der Waals surface area contributed by atoms with E-state index in [9.17, 15) is 4.79 Å². The fraction of sp³-hybridized carbons (Fsp3) is 0.500. The number of nitrogens with zero attached hydrogens (tertiary/aromatic N) is 6. The van der Waals surface area contributed by atoms with Crippen LogP contribution < -0.4 is 0 Å². The van der Waals surface area contributed by atoms with Gasteiger partial charge in [-0.2, -0.15) is 5.10 Å². The number of hydrogen-bond acceptors (Lipinski definition) is 7. The van der Waals surface area contributed by atoms with Gasteiger partial charge in [0.05, 0.1) is 11.4 Å². The zero-order valence-corrected chi connectivity index (χ0v) is 16.3. The lowest BCUT2D eigenvalue weighted by molar-refractivity contribution is -0.132. The largest absolute Gasteiger partial charge is 0.355 e. The highest BCUT2D eigenvalue weighted by Crippen LogP contribution is 2.35. The maximum absolute atomic E-state index is 12.7. The van der Waals surface area contributed by atoms with E-state index in [0.717, 1.165) is 41.3 Å². The molecular formula is C18H22N6O2S. The molecule has 0 saturated carbocycles. The van der Waals surface area contributed by atoms with E-state index in [2.05, 4.69) is 19.8 Å². The Morgan fingerprint density at radius 3 is 3.04 bits per heavy atom. The van der Waals surface area contributed by atoms with E-state index in [1.54, 1.807) is 6.20 Å². The van der Waals surface area contributed by atoms with Crippen LogP contribution in [0.15, 0.2) is 22.9 Å². The van der Waals surface area contributed by atoms with Gasteiger partial charge in [-0.1, -0.05) is 9.64 Å². The summed E-state index contributed by atoms with van der Waals surface area (Å²) in [6.45, 7) is 5.96. The summed E-state index contributed by atoms with van der Waals surface area (Å²) in [7, 11) is 0. The lowest BCUT2D eigenvalue weighted by Crippen LogP contribution is -2.39. The van der Waals surface area contributed by atoms with E-state index >= 15 is 0 Å². The number of piperidine rings is 1. The number of likely N-dealkylation sites (tertiary alicyclic amines) is 1. The lowest BCUT2D eigenvalue weighted by atomic mass is 9.93. The van der Waals surface area contributed by atoms with E-state index in [4.69, 9.17) is 4.52 Å². The summed E-state index contributed by atoms with van der Waals surface area (Å²) in [5.41, 5.74) is 2.81. The van der Waals surface area contributed by atoms with Crippen molar-refractivity contribution in [2.45, 2.75) is 45.6 Å². The first-order valence-corrected chi connectivity index (χ1v) is 9.91. The molecule has 3 aromatic heterocycles. The van der Waals surface area contributed by atoms with E-state index in [0.29, 0.717) is 25.3 Å². The van der Waals surface area contributed by atoms with Gasteiger partial charge in [0.1, 0.15) is 4.88 Å². The molecule has 27 heavy (non-hydrogen) atoms. The van der Waals surface area contributed by atoms with Crippen LogP contribution in [0.4, 0.5) is 0 Å². The summed E-state index contributed by atoms with van der Waals surface area (Å²) >= 11 is 1.32. The van der Waals surface area contributed by atoms with Crippen LogP contribution in [0, 0.1) is 13.8 Å². The van der Waals surface area contributed by atoms with Crippen molar-refractivity contribution in [3.05, 3.63) is 35.4 Å². The van der Waals surface area contributed by atoms with Crippen LogP contribution in [0.5, 0.6) is 0 Å². The van der Waals surface area contributed by atoms with Crippen molar-refractivity contribution in [1.29, 1.82) is 0 Å². The summed E-state index contributed by atoms with van der Waals surface area (Å²) in [5, 5.41) is 12.6. The number of aromatic nitrogens is 5.